The Kier molecular flexibility index (Phi) is 9.53. The summed E-state index contributed by atoms with van der Waals surface area (Å²) in [7, 11) is 1.62. The molecule has 0 saturated heterocycles. The van der Waals surface area contributed by atoms with Crippen LogP contribution < -0.4 is 15.4 Å². The highest BCUT2D eigenvalue weighted by Crippen LogP contribution is 2.20. The molecule has 0 aliphatic rings. The van der Waals surface area contributed by atoms with Gasteiger partial charge in [-0.2, -0.15) is 0 Å². The van der Waals surface area contributed by atoms with Crippen molar-refractivity contribution in [2.45, 2.75) is 45.9 Å². The molecule has 1 aromatic heterocycles. The van der Waals surface area contributed by atoms with E-state index >= 15 is 0 Å². The molecule has 40 heavy (non-hydrogen) atoms. The highest BCUT2D eigenvalue weighted by molar-refractivity contribution is 6.09. The van der Waals surface area contributed by atoms with Crippen LogP contribution >= 0.6 is 0 Å². The molecule has 0 spiro atoms. The van der Waals surface area contributed by atoms with E-state index in [9.17, 15) is 14.7 Å². The standard InChI is InChI=1S/C33H36N2O5/c1-21-13-26(32(37)31-15-22(2)23(3)40-31)18-27(14-21)33(38)35-29(17-24-9-6-5-7-10-24)30(36)20-34-19-25-11-8-12-28(16-25)39-4/h5-16,18,29-30,34,36H,17,19-20H2,1-4H3,(H,35,38)/t29-,30-/m0/s1. The lowest BCUT2D eigenvalue weighted by Gasteiger charge is -2.25. The summed E-state index contributed by atoms with van der Waals surface area (Å²) in [5.41, 5.74) is 4.40. The molecule has 0 fully saturated rings. The molecule has 208 valence electrons. The first-order valence-corrected chi connectivity index (χ1v) is 13.3. The van der Waals surface area contributed by atoms with Gasteiger partial charge in [0.2, 0.25) is 5.78 Å². The van der Waals surface area contributed by atoms with Crippen LogP contribution in [0.4, 0.5) is 0 Å². The Morgan fingerprint density at radius 2 is 1.62 bits per heavy atom. The van der Waals surface area contributed by atoms with Gasteiger partial charge in [-0.25, -0.2) is 0 Å². The summed E-state index contributed by atoms with van der Waals surface area (Å²) in [6.07, 6.45) is -0.424. The van der Waals surface area contributed by atoms with Crippen molar-refractivity contribution < 1.29 is 23.8 Å². The zero-order valence-electron chi connectivity index (χ0n) is 23.4. The number of carbonyl (C=O) groups excluding carboxylic acids is 2. The van der Waals surface area contributed by atoms with Crippen molar-refractivity contribution in [2.24, 2.45) is 0 Å². The lowest BCUT2D eigenvalue weighted by Crippen LogP contribution is -2.48. The maximum atomic E-state index is 13.4. The van der Waals surface area contributed by atoms with Crippen molar-refractivity contribution in [3.05, 3.63) is 124 Å². The first-order chi connectivity index (χ1) is 19.2. The second-order valence-corrected chi connectivity index (χ2v) is 10.1. The second-order valence-electron chi connectivity index (χ2n) is 10.1. The van der Waals surface area contributed by atoms with E-state index in [1.54, 1.807) is 31.4 Å². The number of amides is 1. The number of aryl methyl sites for hydroxylation is 3. The van der Waals surface area contributed by atoms with Gasteiger partial charge in [-0.3, -0.25) is 9.59 Å². The highest BCUT2D eigenvalue weighted by Gasteiger charge is 2.24. The van der Waals surface area contributed by atoms with Gasteiger partial charge in [0.15, 0.2) is 5.76 Å². The number of ether oxygens (including phenoxy) is 1. The molecule has 4 aromatic rings. The van der Waals surface area contributed by atoms with Crippen LogP contribution in [0, 0.1) is 20.8 Å². The fourth-order valence-corrected chi connectivity index (χ4v) is 4.56. The fraction of sp³-hybridized carbons (Fsp3) is 0.273. The molecule has 0 aliphatic heterocycles. The molecule has 4 rings (SSSR count). The van der Waals surface area contributed by atoms with Crippen molar-refractivity contribution in [3.63, 3.8) is 0 Å². The van der Waals surface area contributed by atoms with E-state index in [0.717, 1.165) is 28.0 Å². The third-order valence-electron chi connectivity index (χ3n) is 6.89. The van der Waals surface area contributed by atoms with Gasteiger partial charge in [0.1, 0.15) is 11.5 Å². The smallest absolute Gasteiger partial charge is 0.251 e. The number of aliphatic hydroxyl groups excluding tert-OH is 1. The summed E-state index contributed by atoms with van der Waals surface area (Å²) in [4.78, 5) is 26.6. The molecule has 1 heterocycles. The van der Waals surface area contributed by atoms with E-state index in [4.69, 9.17) is 9.15 Å². The van der Waals surface area contributed by atoms with Gasteiger partial charge >= 0.3 is 0 Å². The summed E-state index contributed by atoms with van der Waals surface area (Å²) in [5.74, 6) is 1.05. The topological polar surface area (TPSA) is 101 Å². The maximum absolute atomic E-state index is 13.4. The minimum atomic E-state index is -0.866. The first-order valence-electron chi connectivity index (χ1n) is 13.3. The SMILES string of the molecule is COc1cccc(CNC[C@H](O)[C@H](Cc2ccccc2)NC(=O)c2cc(C)cc(C(=O)c3cc(C)c(C)o3)c2)c1. The normalized spacial score (nSPS) is 12.5. The number of benzene rings is 3. The second kappa shape index (κ2) is 13.2. The molecule has 1 amide bonds. The third kappa shape index (κ3) is 7.46. The predicted octanol–water partition coefficient (Wildman–Crippen LogP) is 4.94. The molecule has 0 aliphatic carbocycles. The Hall–Kier alpha value is -4.20. The van der Waals surface area contributed by atoms with Gasteiger partial charge in [0.05, 0.1) is 19.3 Å². The quantitative estimate of drug-likeness (QED) is 0.220. The van der Waals surface area contributed by atoms with Crippen LogP contribution in [0.2, 0.25) is 0 Å². The average molecular weight is 541 g/mol. The lowest BCUT2D eigenvalue weighted by atomic mass is 9.98. The minimum absolute atomic E-state index is 0.242. The van der Waals surface area contributed by atoms with Crippen LogP contribution in [0.25, 0.3) is 0 Å². The summed E-state index contributed by atoms with van der Waals surface area (Å²) in [6, 6.07) is 23.6. The van der Waals surface area contributed by atoms with Crippen molar-refractivity contribution in [2.75, 3.05) is 13.7 Å². The van der Waals surface area contributed by atoms with Crippen molar-refractivity contribution >= 4 is 11.7 Å². The monoisotopic (exact) mass is 540 g/mol. The van der Waals surface area contributed by atoms with Crippen LogP contribution in [0.15, 0.2) is 83.3 Å². The number of hydrogen-bond acceptors (Lipinski definition) is 6. The molecule has 7 heteroatoms. The Morgan fingerprint density at radius 3 is 2.33 bits per heavy atom. The minimum Gasteiger partial charge on any atom is -0.497 e. The number of hydrogen-bond donors (Lipinski definition) is 3. The zero-order valence-corrected chi connectivity index (χ0v) is 23.4. The number of furan rings is 1. The molecule has 0 radical (unpaired) electrons. The Balaban J connectivity index is 1.49. The predicted molar refractivity (Wildman–Crippen MR) is 155 cm³/mol. The number of rotatable bonds is 12. The lowest BCUT2D eigenvalue weighted by molar-refractivity contribution is 0.0830. The van der Waals surface area contributed by atoms with Gasteiger partial charge in [-0.05, 0) is 85.8 Å². The Morgan fingerprint density at radius 1 is 0.900 bits per heavy atom. The molecule has 0 saturated carbocycles. The van der Waals surface area contributed by atoms with E-state index in [1.165, 1.54) is 0 Å². The van der Waals surface area contributed by atoms with Crippen LogP contribution in [0.5, 0.6) is 5.75 Å². The van der Waals surface area contributed by atoms with Gasteiger partial charge in [-0.1, -0.05) is 42.5 Å². The van der Waals surface area contributed by atoms with Gasteiger partial charge in [0, 0.05) is 24.2 Å². The molecule has 7 nitrogen and oxygen atoms in total. The van der Waals surface area contributed by atoms with Crippen molar-refractivity contribution in [3.8, 4) is 5.75 Å². The van der Waals surface area contributed by atoms with Crippen molar-refractivity contribution in [1.29, 1.82) is 0 Å². The number of ketones is 1. The van der Waals surface area contributed by atoms with Crippen LogP contribution in [-0.2, 0) is 13.0 Å². The van der Waals surface area contributed by atoms with E-state index in [2.05, 4.69) is 10.6 Å². The summed E-state index contributed by atoms with van der Waals surface area (Å²) < 4.78 is 10.9. The van der Waals surface area contributed by atoms with E-state index in [-0.39, 0.29) is 24.0 Å². The van der Waals surface area contributed by atoms with Gasteiger partial charge in [-0.15, -0.1) is 0 Å². The molecule has 0 unspecified atom stereocenters. The van der Waals surface area contributed by atoms with E-state index in [0.29, 0.717) is 29.9 Å². The first kappa shape index (κ1) is 28.8. The van der Waals surface area contributed by atoms with Crippen LogP contribution in [-0.4, -0.2) is 42.6 Å². The van der Waals surface area contributed by atoms with Gasteiger partial charge in [0.25, 0.3) is 5.91 Å². The average Bonchev–Trinajstić information content (AvgIpc) is 3.30. The van der Waals surface area contributed by atoms with Crippen molar-refractivity contribution in [1.82, 2.24) is 10.6 Å². The molecular weight excluding hydrogens is 504 g/mol. The third-order valence-corrected chi connectivity index (χ3v) is 6.89. The van der Waals surface area contributed by atoms with E-state index < -0.39 is 12.1 Å². The highest BCUT2D eigenvalue weighted by atomic mass is 16.5. The summed E-state index contributed by atoms with van der Waals surface area (Å²) in [5, 5.41) is 17.4. The summed E-state index contributed by atoms with van der Waals surface area (Å²) in [6.45, 7) is 6.34. The molecular formula is C33H36N2O5. The summed E-state index contributed by atoms with van der Waals surface area (Å²) >= 11 is 0. The number of methoxy groups -OCH3 is 1. The zero-order chi connectivity index (χ0) is 28.6. The van der Waals surface area contributed by atoms with Gasteiger partial charge < -0.3 is 24.9 Å². The molecule has 3 aromatic carbocycles. The largest absolute Gasteiger partial charge is 0.497 e. The molecule has 0 bridgehead atoms. The molecule has 3 N–H and O–H groups in total. The fourth-order valence-electron chi connectivity index (χ4n) is 4.56. The van der Waals surface area contributed by atoms with E-state index in [1.807, 2.05) is 75.4 Å². The maximum Gasteiger partial charge on any atom is 0.251 e. The van der Waals surface area contributed by atoms with Crippen LogP contribution in [0.3, 0.4) is 0 Å². The van der Waals surface area contributed by atoms with Crippen LogP contribution in [0.1, 0.15) is 54.5 Å². The number of nitrogens with one attached hydrogen (secondary N) is 2. The molecule has 2 atom stereocenters. The number of carbonyl (C=O) groups is 2. The number of aliphatic hydroxyl groups is 1. The Bertz CT molecular complexity index is 1440. The Labute approximate surface area is 235 Å².